The molecule has 3 rings (SSSR count). The predicted octanol–water partition coefficient (Wildman–Crippen LogP) is 4.38. The molecule has 1 heterocycles. The zero-order chi connectivity index (χ0) is 21.3. The highest BCUT2D eigenvalue weighted by Crippen LogP contribution is 2.31. The summed E-state index contributed by atoms with van der Waals surface area (Å²) in [4.78, 5) is 38.1. The summed E-state index contributed by atoms with van der Waals surface area (Å²) in [6.07, 6.45) is 1.56. The average Bonchev–Trinajstić information content (AvgIpc) is 2.98. The molecular formula is C19H12I2N2O6. The Balaban J connectivity index is 1.94. The Labute approximate surface area is 192 Å². The molecule has 0 amide bonds. The quantitative estimate of drug-likeness (QED) is 0.126. The second kappa shape index (κ2) is 8.57. The highest BCUT2D eigenvalue weighted by Gasteiger charge is 2.25. The van der Waals surface area contributed by atoms with E-state index >= 15 is 0 Å². The number of cyclic esters (lactones) is 1. The largest absolute Gasteiger partial charge is 0.424 e. The molecule has 148 valence electrons. The summed E-state index contributed by atoms with van der Waals surface area (Å²) in [6.45, 7) is 2.93. The summed E-state index contributed by atoms with van der Waals surface area (Å²) >= 11 is 4.09. The van der Waals surface area contributed by atoms with Crippen molar-refractivity contribution in [3.63, 3.8) is 0 Å². The van der Waals surface area contributed by atoms with Gasteiger partial charge in [0, 0.05) is 24.1 Å². The Bertz CT molecular complexity index is 1100. The third-order valence-electron chi connectivity index (χ3n) is 3.83. The molecule has 0 spiro atoms. The minimum Gasteiger partial charge on any atom is -0.424 e. The zero-order valence-electron chi connectivity index (χ0n) is 15.1. The number of rotatable bonds is 4. The van der Waals surface area contributed by atoms with Gasteiger partial charge < -0.3 is 9.47 Å². The van der Waals surface area contributed by atoms with Gasteiger partial charge in [0.25, 0.3) is 5.69 Å². The highest BCUT2D eigenvalue weighted by molar-refractivity contribution is 14.1. The van der Waals surface area contributed by atoms with E-state index < -0.39 is 16.9 Å². The molecule has 0 aromatic heterocycles. The number of nitrogens with zero attached hydrogens (tertiary/aromatic N) is 2. The Morgan fingerprint density at radius 2 is 1.90 bits per heavy atom. The first-order valence-corrected chi connectivity index (χ1v) is 10.3. The first kappa shape index (κ1) is 21.4. The van der Waals surface area contributed by atoms with Crippen LogP contribution in [0.25, 0.3) is 6.08 Å². The molecule has 2 aromatic carbocycles. The molecule has 1 aliphatic heterocycles. The molecule has 0 atom stereocenters. The maximum atomic E-state index is 12.2. The number of aryl methyl sites for hydroxylation is 1. The van der Waals surface area contributed by atoms with E-state index in [-0.39, 0.29) is 17.3 Å². The number of halogens is 2. The fourth-order valence-electron chi connectivity index (χ4n) is 2.59. The number of carbonyl (C=O) groups excluding carboxylic acids is 2. The third-order valence-corrected chi connectivity index (χ3v) is 5.43. The van der Waals surface area contributed by atoms with Crippen LogP contribution in [-0.4, -0.2) is 22.8 Å². The Morgan fingerprint density at radius 3 is 2.45 bits per heavy atom. The lowest BCUT2D eigenvalue weighted by atomic mass is 10.1. The van der Waals surface area contributed by atoms with Gasteiger partial charge in [-0.1, -0.05) is 0 Å². The molecule has 0 radical (unpaired) electrons. The highest BCUT2D eigenvalue weighted by atomic mass is 127. The van der Waals surface area contributed by atoms with Crippen LogP contribution in [0.3, 0.4) is 0 Å². The topological polar surface area (TPSA) is 108 Å². The van der Waals surface area contributed by atoms with E-state index in [4.69, 9.17) is 9.47 Å². The van der Waals surface area contributed by atoms with Gasteiger partial charge in [-0.05, 0) is 88.0 Å². The van der Waals surface area contributed by atoms with Gasteiger partial charge in [0.1, 0.15) is 0 Å². The molecule has 8 nitrogen and oxygen atoms in total. The van der Waals surface area contributed by atoms with Gasteiger partial charge in [0.2, 0.25) is 5.90 Å². The maximum absolute atomic E-state index is 12.2. The van der Waals surface area contributed by atoms with Gasteiger partial charge >= 0.3 is 11.9 Å². The number of nitro benzene ring substituents is 1. The standard InChI is InChI=1S/C19H12I2N2O6/c1-9-5-12(3-4-16(9)23(26)27)18-22-15(19(25)29-18)8-11-6-13(20)17(14(21)7-11)28-10(2)24/h3-8H,1-2H3/b15-8-. The monoisotopic (exact) mass is 618 g/mol. The predicted molar refractivity (Wildman–Crippen MR) is 122 cm³/mol. The molecule has 0 fully saturated rings. The molecule has 0 saturated carbocycles. The van der Waals surface area contributed by atoms with Crippen molar-refractivity contribution in [3.05, 3.63) is 70.0 Å². The van der Waals surface area contributed by atoms with Gasteiger partial charge in [-0.15, -0.1) is 0 Å². The summed E-state index contributed by atoms with van der Waals surface area (Å²) in [5.74, 6) is -0.496. The zero-order valence-corrected chi connectivity index (χ0v) is 19.4. The van der Waals surface area contributed by atoms with Crippen molar-refractivity contribution in [2.45, 2.75) is 13.8 Å². The fourth-order valence-corrected chi connectivity index (χ4v) is 4.62. The first-order valence-electron chi connectivity index (χ1n) is 8.11. The van der Waals surface area contributed by atoms with Crippen LogP contribution in [0.4, 0.5) is 5.69 Å². The molecular weight excluding hydrogens is 606 g/mol. The lowest BCUT2D eigenvalue weighted by molar-refractivity contribution is -0.385. The van der Waals surface area contributed by atoms with E-state index in [0.717, 1.165) is 0 Å². The van der Waals surface area contributed by atoms with E-state index in [1.165, 1.54) is 19.1 Å². The average molecular weight is 618 g/mol. The maximum Gasteiger partial charge on any atom is 0.363 e. The smallest absolute Gasteiger partial charge is 0.363 e. The molecule has 0 bridgehead atoms. The number of hydrogen-bond donors (Lipinski definition) is 0. The van der Waals surface area contributed by atoms with Crippen molar-refractivity contribution in [2.24, 2.45) is 4.99 Å². The summed E-state index contributed by atoms with van der Waals surface area (Å²) in [7, 11) is 0. The van der Waals surface area contributed by atoms with Gasteiger partial charge in [-0.2, -0.15) is 0 Å². The molecule has 0 saturated heterocycles. The van der Waals surface area contributed by atoms with Gasteiger partial charge in [-0.25, -0.2) is 9.79 Å². The Kier molecular flexibility index (Phi) is 6.31. The number of nitro groups is 1. The lowest BCUT2D eigenvalue weighted by Gasteiger charge is -2.08. The fraction of sp³-hybridized carbons (Fsp3) is 0.105. The SMILES string of the molecule is CC(=O)Oc1c(I)cc(/C=C2\N=C(c3ccc([N+](=O)[O-])c(C)c3)OC2=O)cc1I. The second-order valence-electron chi connectivity index (χ2n) is 6.00. The van der Waals surface area contributed by atoms with Crippen molar-refractivity contribution < 1.29 is 24.0 Å². The van der Waals surface area contributed by atoms with Crippen LogP contribution in [0.1, 0.15) is 23.6 Å². The van der Waals surface area contributed by atoms with E-state index in [0.29, 0.717) is 29.6 Å². The van der Waals surface area contributed by atoms with Crippen molar-refractivity contribution >= 4 is 74.8 Å². The van der Waals surface area contributed by atoms with Crippen LogP contribution in [0.2, 0.25) is 0 Å². The van der Waals surface area contributed by atoms with Crippen molar-refractivity contribution in [1.82, 2.24) is 0 Å². The van der Waals surface area contributed by atoms with E-state index in [2.05, 4.69) is 4.99 Å². The number of aliphatic imine (C=N–C) groups is 1. The normalized spacial score (nSPS) is 14.6. The number of benzene rings is 2. The number of ether oxygens (including phenoxy) is 2. The number of carbonyl (C=O) groups is 2. The van der Waals surface area contributed by atoms with E-state index in [1.54, 1.807) is 31.2 Å². The molecule has 10 heteroatoms. The van der Waals surface area contributed by atoms with Gasteiger partial charge in [-0.3, -0.25) is 14.9 Å². The summed E-state index contributed by atoms with van der Waals surface area (Å²) in [5.41, 5.74) is 1.67. The molecule has 0 unspecified atom stereocenters. The van der Waals surface area contributed by atoms with Crippen LogP contribution in [0, 0.1) is 24.2 Å². The summed E-state index contributed by atoms with van der Waals surface area (Å²) in [6, 6.07) is 7.89. The summed E-state index contributed by atoms with van der Waals surface area (Å²) < 4.78 is 11.8. The lowest BCUT2D eigenvalue weighted by Crippen LogP contribution is -2.06. The van der Waals surface area contributed by atoms with Crippen LogP contribution < -0.4 is 4.74 Å². The van der Waals surface area contributed by atoms with Crippen molar-refractivity contribution in [1.29, 1.82) is 0 Å². The van der Waals surface area contributed by atoms with Gasteiger partial charge in [0.05, 0.1) is 12.1 Å². The Hall–Kier alpha value is -2.35. The number of hydrogen-bond acceptors (Lipinski definition) is 7. The molecule has 0 N–H and O–H groups in total. The minimum atomic E-state index is -0.620. The van der Waals surface area contributed by atoms with E-state index in [9.17, 15) is 19.7 Å². The minimum absolute atomic E-state index is 0.0218. The van der Waals surface area contributed by atoms with E-state index in [1.807, 2.05) is 45.2 Å². The Morgan fingerprint density at radius 1 is 1.24 bits per heavy atom. The van der Waals surface area contributed by atoms with Crippen molar-refractivity contribution in [3.8, 4) is 5.75 Å². The van der Waals surface area contributed by atoms with Crippen LogP contribution in [0.5, 0.6) is 5.75 Å². The number of esters is 2. The van der Waals surface area contributed by atoms with Gasteiger partial charge in [0.15, 0.2) is 11.4 Å². The molecule has 29 heavy (non-hydrogen) atoms. The van der Waals surface area contributed by atoms with Crippen LogP contribution >= 0.6 is 45.2 Å². The third kappa shape index (κ3) is 4.80. The molecule has 0 aliphatic carbocycles. The first-order chi connectivity index (χ1) is 13.7. The summed E-state index contributed by atoms with van der Waals surface area (Å²) in [5, 5.41) is 11.0. The van der Waals surface area contributed by atoms with Crippen LogP contribution in [0.15, 0.2) is 41.0 Å². The van der Waals surface area contributed by atoms with Crippen LogP contribution in [-0.2, 0) is 14.3 Å². The van der Waals surface area contributed by atoms with Crippen molar-refractivity contribution in [2.75, 3.05) is 0 Å². The second-order valence-corrected chi connectivity index (χ2v) is 8.33. The molecule has 2 aromatic rings. The molecule has 1 aliphatic rings.